The molecule has 0 saturated carbocycles. The van der Waals surface area contributed by atoms with E-state index in [2.05, 4.69) is 0 Å². The monoisotopic (exact) mass is 221 g/mol. The lowest BCUT2D eigenvalue weighted by Gasteiger charge is -2.16. The maximum absolute atomic E-state index is 13.2. The maximum Gasteiger partial charge on any atom is 0.132 e. The van der Waals surface area contributed by atoms with Crippen LogP contribution in [0.25, 0.3) is 0 Å². The van der Waals surface area contributed by atoms with Gasteiger partial charge in [0.05, 0.1) is 12.1 Å². The zero-order chi connectivity index (χ0) is 10.9. The Balaban J connectivity index is 3.20. The van der Waals surface area contributed by atoms with Gasteiger partial charge in [-0.3, -0.25) is 0 Å². The van der Waals surface area contributed by atoms with Crippen LogP contribution < -0.4 is 5.73 Å². The molecule has 0 radical (unpaired) electrons. The molecule has 0 bridgehead atoms. The lowest BCUT2D eigenvalue weighted by atomic mass is 10.0. The highest BCUT2D eigenvalue weighted by Crippen LogP contribution is 2.24. The van der Waals surface area contributed by atoms with Gasteiger partial charge in [-0.2, -0.15) is 0 Å². The van der Waals surface area contributed by atoms with Crippen LogP contribution in [0.15, 0.2) is 12.1 Å². The Hall–Kier alpha value is -0.710. The molecule has 1 rings (SSSR count). The molecule has 0 unspecified atom stereocenters. The molecule has 0 spiro atoms. The van der Waals surface area contributed by atoms with E-state index in [4.69, 9.17) is 22.4 Å². The minimum atomic E-state index is -1.09. The minimum Gasteiger partial charge on any atom is -0.391 e. The quantitative estimate of drug-likeness (QED) is 0.803. The fraction of sp³-hybridized carbons (Fsp3) is 0.333. The maximum atomic E-state index is 13.2. The number of hydrogen-bond donors (Lipinski definition) is 2. The van der Waals surface area contributed by atoms with Crippen LogP contribution in [-0.2, 0) is 0 Å². The molecule has 1 aromatic carbocycles. The number of aliphatic hydroxyl groups is 1. The van der Waals surface area contributed by atoms with Crippen LogP contribution in [0.3, 0.4) is 0 Å². The molecule has 14 heavy (non-hydrogen) atoms. The third-order valence-electron chi connectivity index (χ3n) is 1.90. The van der Waals surface area contributed by atoms with E-state index in [1.54, 1.807) is 0 Å². The molecule has 0 aromatic heterocycles. The molecule has 0 amide bonds. The van der Waals surface area contributed by atoms with E-state index < -0.39 is 23.8 Å². The Morgan fingerprint density at radius 2 is 1.79 bits per heavy atom. The van der Waals surface area contributed by atoms with Crippen LogP contribution in [0.1, 0.15) is 18.5 Å². The summed E-state index contributed by atoms with van der Waals surface area (Å²) in [6.45, 7) is 1.36. The summed E-state index contributed by atoms with van der Waals surface area (Å²) < 4.78 is 26.4. The average molecular weight is 222 g/mol. The summed E-state index contributed by atoms with van der Waals surface area (Å²) in [6, 6.07) is 0.831. The molecule has 0 aliphatic rings. The van der Waals surface area contributed by atoms with Crippen molar-refractivity contribution >= 4 is 11.6 Å². The van der Waals surface area contributed by atoms with Crippen LogP contribution in [0.2, 0.25) is 5.02 Å². The standard InChI is InChI=1S/C9H10ClF2NO/c1-4(14)9(13)8-6(11)2-5(10)3-7(8)12/h2-4,9,14H,13H2,1H3/t4-,9-/m0/s1. The van der Waals surface area contributed by atoms with Gasteiger partial charge in [-0.1, -0.05) is 11.6 Å². The second-order valence-corrected chi connectivity index (χ2v) is 3.49. The largest absolute Gasteiger partial charge is 0.391 e. The van der Waals surface area contributed by atoms with Gasteiger partial charge in [0.25, 0.3) is 0 Å². The second-order valence-electron chi connectivity index (χ2n) is 3.05. The predicted molar refractivity (Wildman–Crippen MR) is 50.0 cm³/mol. The van der Waals surface area contributed by atoms with Crippen molar-refractivity contribution in [3.8, 4) is 0 Å². The predicted octanol–water partition coefficient (Wildman–Crippen LogP) is 2.00. The Kier molecular flexibility index (Phi) is 3.42. The fourth-order valence-corrected chi connectivity index (χ4v) is 1.30. The molecular formula is C9H10ClF2NO. The third kappa shape index (κ3) is 2.20. The summed E-state index contributed by atoms with van der Waals surface area (Å²) in [5, 5.41) is 9.06. The van der Waals surface area contributed by atoms with E-state index in [9.17, 15) is 8.78 Å². The van der Waals surface area contributed by atoms with Gasteiger partial charge in [-0.25, -0.2) is 8.78 Å². The van der Waals surface area contributed by atoms with E-state index in [0.717, 1.165) is 12.1 Å². The lowest BCUT2D eigenvalue weighted by molar-refractivity contribution is 0.160. The van der Waals surface area contributed by atoms with E-state index in [1.807, 2.05) is 0 Å². The third-order valence-corrected chi connectivity index (χ3v) is 2.12. The highest BCUT2D eigenvalue weighted by atomic mass is 35.5. The van der Waals surface area contributed by atoms with E-state index in [-0.39, 0.29) is 10.6 Å². The van der Waals surface area contributed by atoms with Crippen molar-refractivity contribution in [1.82, 2.24) is 0 Å². The highest BCUT2D eigenvalue weighted by Gasteiger charge is 2.21. The lowest BCUT2D eigenvalue weighted by Crippen LogP contribution is -2.25. The average Bonchev–Trinajstić information content (AvgIpc) is 2.01. The molecule has 0 aliphatic carbocycles. The molecule has 78 valence electrons. The van der Waals surface area contributed by atoms with E-state index in [1.165, 1.54) is 6.92 Å². The summed E-state index contributed by atoms with van der Waals surface area (Å²) >= 11 is 5.42. The summed E-state index contributed by atoms with van der Waals surface area (Å²) in [4.78, 5) is 0. The van der Waals surface area contributed by atoms with Crippen molar-refractivity contribution in [3.05, 3.63) is 34.4 Å². The van der Waals surface area contributed by atoms with Crippen LogP contribution >= 0.6 is 11.6 Å². The summed E-state index contributed by atoms with van der Waals surface area (Å²) in [5.74, 6) is -1.69. The van der Waals surface area contributed by atoms with Crippen molar-refractivity contribution in [2.24, 2.45) is 5.73 Å². The van der Waals surface area contributed by atoms with Gasteiger partial charge in [-0.05, 0) is 19.1 Å². The molecule has 2 atom stereocenters. The highest BCUT2D eigenvalue weighted by molar-refractivity contribution is 6.30. The molecule has 0 fully saturated rings. The number of aliphatic hydroxyl groups excluding tert-OH is 1. The van der Waals surface area contributed by atoms with E-state index >= 15 is 0 Å². The zero-order valence-electron chi connectivity index (χ0n) is 7.47. The molecule has 0 heterocycles. The van der Waals surface area contributed by atoms with Gasteiger partial charge >= 0.3 is 0 Å². The first-order valence-corrected chi connectivity index (χ1v) is 4.39. The van der Waals surface area contributed by atoms with Crippen LogP contribution in [0.4, 0.5) is 8.78 Å². The Morgan fingerprint density at radius 3 is 2.14 bits per heavy atom. The molecule has 0 saturated heterocycles. The van der Waals surface area contributed by atoms with Gasteiger partial charge in [0.1, 0.15) is 11.6 Å². The Bertz CT molecular complexity index is 321. The molecule has 3 N–H and O–H groups in total. The van der Waals surface area contributed by atoms with Crippen molar-refractivity contribution in [2.45, 2.75) is 19.1 Å². The summed E-state index contributed by atoms with van der Waals surface area (Å²) in [6.07, 6.45) is -1.03. The first kappa shape index (κ1) is 11.4. The minimum absolute atomic E-state index is 0.0402. The smallest absolute Gasteiger partial charge is 0.132 e. The Morgan fingerprint density at radius 1 is 1.36 bits per heavy atom. The van der Waals surface area contributed by atoms with Gasteiger partial charge in [-0.15, -0.1) is 0 Å². The Labute approximate surface area is 85.3 Å². The molecule has 0 aliphatic heterocycles. The zero-order valence-corrected chi connectivity index (χ0v) is 8.22. The van der Waals surface area contributed by atoms with Crippen LogP contribution in [0.5, 0.6) is 0 Å². The number of benzene rings is 1. The number of halogens is 3. The van der Waals surface area contributed by atoms with Crippen molar-refractivity contribution < 1.29 is 13.9 Å². The van der Waals surface area contributed by atoms with Gasteiger partial charge in [0, 0.05) is 10.6 Å². The van der Waals surface area contributed by atoms with E-state index in [0.29, 0.717) is 0 Å². The van der Waals surface area contributed by atoms with Gasteiger partial charge < -0.3 is 10.8 Å². The van der Waals surface area contributed by atoms with Crippen LogP contribution in [0, 0.1) is 11.6 Å². The topological polar surface area (TPSA) is 46.2 Å². The normalized spacial score (nSPS) is 15.3. The molecule has 2 nitrogen and oxygen atoms in total. The van der Waals surface area contributed by atoms with Gasteiger partial charge in [0.15, 0.2) is 0 Å². The van der Waals surface area contributed by atoms with Crippen molar-refractivity contribution in [2.75, 3.05) is 0 Å². The summed E-state index contributed by atoms with van der Waals surface area (Å²) in [5.41, 5.74) is 5.07. The summed E-state index contributed by atoms with van der Waals surface area (Å²) in [7, 11) is 0. The SMILES string of the molecule is C[C@H](O)[C@H](N)c1c(F)cc(Cl)cc1F. The molecular weight excluding hydrogens is 212 g/mol. The molecule has 1 aromatic rings. The molecule has 5 heteroatoms. The fourth-order valence-electron chi connectivity index (χ4n) is 1.11. The van der Waals surface area contributed by atoms with Crippen LogP contribution in [-0.4, -0.2) is 11.2 Å². The first-order chi connectivity index (χ1) is 6.43. The first-order valence-electron chi connectivity index (χ1n) is 4.01. The van der Waals surface area contributed by atoms with Gasteiger partial charge in [0.2, 0.25) is 0 Å². The van der Waals surface area contributed by atoms with Crippen molar-refractivity contribution in [3.63, 3.8) is 0 Å². The number of nitrogens with two attached hydrogens (primary N) is 1. The number of hydrogen-bond acceptors (Lipinski definition) is 2. The van der Waals surface area contributed by atoms with Crippen molar-refractivity contribution in [1.29, 1.82) is 0 Å². The second kappa shape index (κ2) is 4.21. The number of rotatable bonds is 2.